The van der Waals surface area contributed by atoms with Crippen LogP contribution in [0.5, 0.6) is 0 Å². The van der Waals surface area contributed by atoms with Gasteiger partial charge in [0.25, 0.3) is 0 Å². The molecule has 2 heterocycles. The Morgan fingerprint density at radius 3 is 1.64 bits per heavy atom. The van der Waals surface area contributed by atoms with Crippen LogP contribution in [0.2, 0.25) is 10.0 Å². The number of methoxy groups -OCH3 is 2. The number of fused-ring (bicyclic) bond motifs is 2. The van der Waals surface area contributed by atoms with Crippen LogP contribution in [-0.4, -0.2) is 78.5 Å². The fraction of sp³-hybridized carbons (Fsp3) is 0.432. The smallest absolute Gasteiger partial charge is 0.330 e. The maximum absolute atomic E-state index is 11.8. The van der Waals surface area contributed by atoms with Crippen LogP contribution in [-0.2, 0) is 38.6 Å². The third-order valence-corrected chi connectivity index (χ3v) is 11.1. The van der Waals surface area contributed by atoms with Gasteiger partial charge in [0.2, 0.25) is 11.4 Å². The highest BCUT2D eigenvalue weighted by Gasteiger charge is 2.30. The van der Waals surface area contributed by atoms with E-state index in [1.54, 1.807) is 14.2 Å². The van der Waals surface area contributed by atoms with Crippen LogP contribution < -0.4 is 9.80 Å². The molecule has 0 fully saturated rings. The van der Waals surface area contributed by atoms with E-state index < -0.39 is 11.9 Å². The van der Waals surface area contributed by atoms with Crippen molar-refractivity contribution in [3.05, 3.63) is 103 Å². The van der Waals surface area contributed by atoms with Gasteiger partial charge in [0.1, 0.15) is 13.2 Å². The molecule has 53 heavy (non-hydrogen) atoms. The number of anilines is 2. The number of nitrogens with zero attached hydrogens (tertiary/aromatic N) is 4. The van der Waals surface area contributed by atoms with Gasteiger partial charge in [-0.05, 0) is 63.1 Å². The SMILES string of the molecule is [C-]#[N+]C(COOCC(COOC/C([N+]#[C-])=C1\Sc2cc(Cl)ccc2N1CCC(C)OC)COC(=O)C=C)=C1Sc2cc(Cl)ccc2N1CCC(C)OC. The molecule has 0 N–H and O–H groups in total. The lowest BCUT2D eigenvalue weighted by atomic mass is 10.2. The number of ether oxygens (including phenoxy) is 3. The Bertz CT molecular complexity index is 1630. The van der Waals surface area contributed by atoms with Crippen LogP contribution in [0.25, 0.3) is 9.69 Å². The summed E-state index contributed by atoms with van der Waals surface area (Å²) in [6.07, 6.45) is 2.58. The van der Waals surface area contributed by atoms with Gasteiger partial charge < -0.3 is 24.0 Å². The number of hydrogen-bond donors (Lipinski definition) is 0. The fourth-order valence-electron chi connectivity index (χ4n) is 5.02. The molecule has 0 aliphatic carbocycles. The van der Waals surface area contributed by atoms with Gasteiger partial charge in [-0.3, -0.25) is 0 Å². The van der Waals surface area contributed by atoms with Gasteiger partial charge >= 0.3 is 5.97 Å². The summed E-state index contributed by atoms with van der Waals surface area (Å²) in [5, 5.41) is 2.65. The van der Waals surface area contributed by atoms with Crippen LogP contribution >= 0.6 is 46.7 Å². The Morgan fingerprint density at radius 1 is 0.792 bits per heavy atom. The lowest BCUT2D eigenvalue weighted by Crippen LogP contribution is -2.25. The Balaban J connectivity index is 1.37. The van der Waals surface area contributed by atoms with Gasteiger partial charge in [-0.25, -0.2) is 34.0 Å². The first kappa shape index (κ1) is 42.5. The summed E-state index contributed by atoms with van der Waals surface area (Å²) in [6, 6.07) is 11.3. The summed E-state index contributed by atoms with van der Waals surface area (Å²) < 4.78 is 16.1. The molecule has 0 spiro atoms. The zero-order valence-corrected chi connectivity index (χ0v) is 33.1. The molecule has 284 valence electrons. The van der Waals surface area contributed by atoms with E-state index in [9.17, 15) is 4.79 Å². The first-order valence-electron chi connectivity index (χ1n) is 16.7. The summed E-state index contributed by atoms with van der Waals surface area (Å²) in [7, 11) is 3.33. The van der Waals surface area contributed by atoms with E-state index in [2.05, 4.69) is 26.1 Å². The van der Waals surface area contributed by atoms with Gasteiger partial charge in [0.05, 0.1) is 66.6 Å². The number of rotatable bonds is 21. The van der Waals surface area contributed by atoms with Crippen molar-refractivity contribution in [3.8, 4) is 0 Å². The molecule has 12 nitrogen and oxygen atoms in total. The molecule has 2 aliphatic rings. The van der Waals surface area contributed by atoms with Gasteiger partial charge in [-0.15, -0.1) is 0 Å². The Kier molecular flexibility index (Phi) is 17.3. The molecule has 4 rings (SSSR count). The zero-order chi connectivity index (χ0) is 38.3. The maximum Gasteiger partial charge on any atom is 0.330 e. The highest BCUT2D eigenvalue weighted by molar-refractivity contribution is 8.04. The second-order valence-corrected chi connectivity index (χ2v) is 14.9. The van der Waals surface area contributed by atoms with E-state index in [1.165, 1.54) is 23.5 Å². The molecule has 3 atom stereocenters. The Hall–Kier alpha value is -3.25. The van der Waals surface area contributed by atoms with E-state index >= 15 is 0 Å². The number of carbonyl (C=O) groups excluding carboxylic acids is 1. The van der Waals surface area contributed by atoms with Crippen molar-refractivity contribution >= 4 is 64.1 Å². The lowest BCUT2D eigenvalue weighted by Gasteiger charge is -2.23. The molecule has 0 saturated heterocycles. The molecule has 0 bridgehead atoms. The van der Waals surface area contributed by atoms with Crippen molar-refractivity contribution in [2.45, 2.75) is 48.7 Å². The summed E-state index contributed by atoms with van der Waals surface area (Å²) in [4.78, 5) is 47.4. The van der Waals surface area contributed by atoms with E-state index in [0.29, 0.717) is 34.5 Å². The van der Waals surface area contributed by atoms with Crippen molar-refractivity contribution in [3.63, 3.8) is 0 Å². The standard InChI is InChI=1S/C37H42Cl2N4O8S2/c1-8-35(44)47-19-26(20-48-50-22-29(40-4)36-42(15-13-24(2)45-6)31-11-9-27(38)17-33(31)52-36)21-49-51-23-30(41-5)37-43(16-14-25(3)46-7)32-12-10-28(39)18-34(32)53-37/h8-12,17-18,24-26H,1,13-16,19-23H2,2-3,6-7H3/b36-29+,37-30?. The summed E-state index contributed by atoms with van der Waals surface area (Å²) in [5.41, 5.74) is 2.60. The number of benzene rings is 2. The molecule has 2 aromatic carbocycles. The third-order valence-electron chi connectivity index (χ3n) is 8.21. The normalized spacial score (nSPS) is 17.0. The van der Waals surface area contributed by atoms with Crippen molar-refractivity contribution in [1.82, 2.24) is 0 Å². The minimum absolute atomic E-state index is 0.0274. The number of carbonyl (C=O) groups is 1. The number of thioether (sulfide) groups is 2. The van der Waals surface area contributed by atoms with Crippen molar-refractivity contribution in [2.24, 2.45) is 5.92 Å². The predicted molar refractivity (Wildman–Crippen MR) is 207 cm³/mol. The van der Waals surface area contributed by atoms with E-state index in [4.69, 9.17) is 70.1 Å². The summed E-state index contributed by atoms with van der Waals surface area (Å²) >= 11 is 15.4. The van der Waals surface area contributed by atoms with Gasteiger partial charge in [0.15, 0.2) is 0 Å². The Morgan fingerprint density at radius 2 is 1.25 bits per heavy atom. The zero-order valence-electron chi connectivity index (χ0n) is 30.0. The van der Waals surface area contributed by atoms with Crippen LogP contribution in [0.15, 0.2) is 80.3 Å². The molecule has 0 radical (unpaired) electrons. The molecule has 0 amide bonds. The maximum atomic E-state index is 11.8. The molecule has 2 aromatic rings. The van der Waals surface area contributed by atoms with Crippen LogP contribution in [0.4, 0.5) is 11.4 Å². The molecule has 16 heteroatoms. The first-order chi connectivity index (χ1) is 25.6. The van der Waals surface area contributed by atoms with Crippen LogP contribution in [0.1, 0.15) is 26.7 Å². The minimum Gasteiger partial charge on any atom is -0.462 e. The third kappa shape index (κ3) is 12.1. The van der Waals surface area contributed by atoms with Crippen molar-refractivity contribution < 1.29 is 38.6 Å². The Labute approximate surface area is 329 Å². The largest absolute Gasteiger partial charge is 0.462 e. The average molecular weight is 806 g/mol. The van der Waals surface area contributed by atoms with Gasteiger partial charge in [-0.1, -0.05) is 53.3 Å². The van der Waals surface area contributed by atoms with E-state index in [-0.39, 0.29) is 45.2 Å². The second-order valence-electron chi connectivity index (χ2n) is 11.9. The molecular weight excluding hydrogens is 763 g/mol. The fourth-order valence-corrected chi connectivity index (χ4v) is 7.90. The molecular formula is C37H42Cl2N4O8S2. The number of hydrogen-bond acceptors (Lipinski definition) is 12. The second kappa shape index (κ2) is 21.6. The van der Waals surface area contributed by atoms with Crippen molar-refractivity contribution in [2.75, 3.05) is 70.1 Å². The number of halogens is 2. The highest BCUT2D eigenvalue weighted by Crippen LogP contribution is 2.49. The predicted octanol–water partition coefficient (Wildman–Crippen LogP) is 8.79. The number of esters is 1. The van der Waals surface area contributed by atoms with E-state index in [0.717, 1.165) is 50.1 Å². The quantitative estimate of drug-likeness (QED) is 0.0302. The topological polar surface area (TPSA) is 96.9 Å². The first-order valence-corrected chi connectivity index (χ1v) is 19.1. The summed E-state index contributed by atoms with van der Waals surface area (Å²) in [6.45, 7) is 24.0. The monoisotopic (exact) mass is 804 g/mol. The highest BCUT2D eigenvalue weighted by atomic mass is 35.5. The van der Waals surface area contributed by atoms with Crippen LogP contribution in [0, 0.1) is 19.1 Å². The summed E-state index contributed by atoms with van der Waals surface area (Å²) in [5.74, 6) is -1.14. The lowest BCUT2D eigenvalue weighted by molar-refractivity contribution is -0.322. The van der Waals surface area contributed by atoms with Gasteiger partial charge in [-0.2, -0.15) is 0 Å². The van der Waals surface area contributed by atoms with Gasteiger partial charge in [0, 0.05) is 59.1 Å². The molecule has 2 aliphatic heterocycles. The molecule has 0 saturated carbocycles. The molecule has 0 aromatic heterocycles. The van der Waals surface area contributed by atoms with Crippen LogP contribution in [0.3, 0.4) is 0 Å². The molecule has 3 unspecified atom stereocenters. The van der Waals surface area contributed by atoms with E-state index in [1.807, 2.05) is 50.2 Å². The minimum atomic E-state index is -0.612. The van der Waals surface area contributed by atoms with Crippen molar-refractivity contribution in [1.29, 1.82) is 0 Å². The average Bonchev–Trinajstić information content (AvgIpc) is 3.70.